The number of rotatable bonds is 6. The van der Waals surface area contributed by atoms with E-state index in [4.69, 9.17) is 4.74 Å². The fourth-order valence-corrected chi connectivity index (χ4v) is 1.50. The molecule has 0 fully saturated rings. The Morgan fingerprint density at radius 2 is 2.00 bits per heavy atom. The van der Waals surface area contributed by atoms with Crippen molar-refractivity contribution >= 4 is 5.91 Å². The van der Waals surface area contributed by atoms with Crippen LogP contribution < -0.4 is 10.1 Å². The van der Waals surface area contributed by atoms with Gasteiger partial charge < -0.3 is 10.1 Å². The fourth-order valence-electron chi connectivity index (χ4n) is 1.50. The van der Waals surface area contributed by atoms with E-state index in [1.165, 1.54) is 0 Å². The van der Waals surface area contributed by atoms with Gasteiger partial charge in [-0.1, -0.05) is 0 Å². The van der Waals surface area contributed by atoms with Crippen LogP contribution in [0.5, 0.6) is 5.75 Å². The average molecular weight is 257 g/mol. The first-order chi connectivity index (χ1) is 9.36. The zero-order chi connectivity index (χ0) is 13.3. The van der Waals surface area contributed by atoms with Crippen LogP contribution in [0.1, 0.15) is 16.8 Å². The number of nitrogens with zero attached hydrogens (tertiary/aromatic N) is 2. The maximum atomic E-state index is 11.7. The zero-order valence-corrected chi connectivity index (χ0v) is 10.5. The van der Waals surface area contributed by atoms with Gasteiger partial charge in [0.25, 0.3) is 5.91 Å². The summed E-state index contributed by atoms with van der Waals surface area (Å²) in [5.74, 6) is 0.672. The summed E-state index contributed by atoms with van der Waals surface area (Å²) in [6.07, 6.45) is 7.29. The Bertz CT molecular complexity index is 503. The van der Waals surface area contributed by atoms with Crippen LogP contribution in [0.4, 0.5) is 0 Å². The van der Waals surface area contributed by atoms with E-state index in [-0.39, 0.29) is 5.91 Å². The molecule has 5 heteroatoms. The Hall–Kier alpha value is -2.43. The second kappa shape index (κ2) is 7.10. The van der Waals surface area contributed by atoms with Crippen molar-refractivity contribution in [2.24, 2.45) is 0 Å². The number of nitrogens with one attached hydrogen (secondary N) is 1. The molecular weight excluding hydrogens is 242 g/mol. The van der Waals surface area contributed by atoms with E-state index in [1.807, 2.05) is 0 Å². The van der Waals surface area contributed by atoms with Crippen molar-refractivity contribution in [1.82, 2.24) is 15.3 Å². The number of aromatic nitrogens is 2. The van der Waals surface area contributed by atoms with Crippen LogP contribution in [-0.4, -0.2) is 29.0 Å². The van der Waals surface area contributed by atoms with Gasteiger partial charge in [0.1, 0.15) is 5.75 Å². The van der Waals surface area contributed by atoms with Crippen LogP contribution in [0.15, 0.2) is 49.1 Å². The van der Waals surface area contributed by atoms with Crippen LogP contribution in [0.3, 0.4) is 0 Å². The third-order valence-electron chi connectivity index (χ3n) is 2.45. The lowest BCUT2D eigenvalue weighted by Gasteiger charge is -2.07. The SMILES string of the molecule is O=C(NCCCOc1ccncc1)c1cccnc1. The van der Waals surface area contributed by atoms with Crippen molar-refractivity contribution in [3.63, 3.8) is 0 Å². The molecule has 2 heterocycles. The second-order valence-corrected chi connectivity index (χ2v) is 3.88. The number of carbonyl (C=O) groups excluding carboxylic acids is 1. The molecule has 0 aliphatic carbocycles. The van der Waals surface area contributed by atoms with E-state index in [2.05, 4.69) is 15.3 Å². The van der Waals surface area contributed by atoms with Crippen LogP contribution >= 0.6 is 0 Å². The van der Waals surface area contributed by atoms with E-state index in [9.17, 15) is 4.79 Å². The van der Waals surface area contributed by atoms with E-state index in [1.54, 1.807) is 49.1 Å². The predicted octanol–water partition coefficient (Wildman–Crippen LogP) is 1.68. The number of hydrogen-bond donors (Lipinski definition) is 1. The Kier molecular flexibility index (Phi) is 4.87. The number of pyridine rings is 2. The Labute approximate surface area is 111 Å². The normalized spacial score (nSPS) is 9.89. The van der Waals surface area contributed by atoms with Crippen molar-refractivity contribution in [2.75, 3.05) is 13.2 Å². The molecule has 1 amide bonds. The molecule has 0 unspecified atom stereocenters. The standard InChI is InChI=1S/C14H15N3O2/c18-14(12-3-1-6-16-11-12)17-7-2-10-19-13-4-8-15-9-5-13/h1,3-6,8-9,11H,2,7,10H2,(H,17,18). The maximum Gasteiger partial charge on any atom is 0.252 e. The monoisotopic (exact) mass is 257 g/mol. The molecule has 0 saturated carbocycles. The minimum atomic E-state index is -0.114. The first-order valence-corrected chi connectivity index (χ1v) is 6.07. The molecular formula is C14H15N3O2. The van der Waals surface area contributed by atoms with Crippen molar-refractivity contribution in [1.29, 1.82) is 0 Å². The molecule has 98 valence electrons. The first-order valence-electron chi connectivity index (χ1n) is 6.07. The summed E-state index contributed by atoms with van der Waals surface area (Å²) < 4.78 is 5.49. The fraction of sp³-hybridized carbons (Fsp3) is 0.214. The smallest absolute Gasteiger partial charge is 0.252 e. The van der Waals surface area contributed by atoms with Gasteiger partial charge in [-0.15, -0.1) is 0 Å². The molecule has 0 aliphatic rings. The summed E-state index contributed by atoms with van der Waals surface area (Å²) in [5, 5.41) is 2.81. The molecule has 0 radical (unpaired) electrons. The Morgan fingerprint density at radius 1 is 1.16 bits per heavy atom. The highest BCUT2D eigenvalue weighted by Crippen LogP contribution is 2.06. The molecule has 0 aromatic carbocycles. The Balaban J connectivity index is 1.63. The molecule has 2 aromatic heterocycles. The number of amides is 1. The summed E-state index contributed by atoms with van der Waals surface area (Å²) in [6, 6.07) is 7.07. The van der Waals surface area contributed by atoms with Gasteiger partial charge in [0.05, 0.1) is 12.2 Å². The topological polar surface area (TPSA) is 64.1 Å². The van der Waals surface area contributed by atoms with E-state index >= 15 is 0 Å². The largest absolute Gasteiger partial charge is 0.493 e. The molecule has 19 heavy (non-hydrogen) atoms. The number of carbonyl (C=O) groups is 1. The van der Waals surface area contributed by atoms with Gasteiger partial charge in [-0.05, 0) is 30.7 Å². The molecule has 0 aliphatic heterocycles. The Morgan fingerprint density at radius 3 is 2.74 bits per heavy atom. The predicted molar refractivity (Wildman–Crippen MR) is 70.9 cm³/mol. The summed E-state index contributed by atoms with van der Waals surface area (Å²) in [5.41, 5.74) is 0.567. The summed E-state index contributed by atoms with van der Waals surface area (Å²) in [4.78, 5) is 19.5. The van der Waals surface area contributed by atoms with Gasteiger partial charge in [-0.2, -0.15) is 0 Å². The molecule has 0 saturated heterocycles. The first kappa shape index (κ1) is 13.0. The zero-order valence-electron chi connectivity index (χ0n) is 10.5. The third-order valence-corrected chi connectivity index (χ3v) is 2.45. The minimum Gasteiger partial charge on any atom is -0.493 e. The lowest BCUT2D eigenvalue weighted by molar-refractivity contribution is 0.0951. The van der Waals surface area contributed by atoms with Gasteiger partial charge in [0, 0.05) is 31.3 Å². The highest BCUT2D eigenvalue weighted by atomic mass is 16.5. The third kappa shape index (κ3) is 4.39. The molecule has 0 atom stereocenters. The average Bonchev–Trinajstić information content (AvgIpc) is 2.49. The van der Waals surface area contributed by atoms with Crippen molar-refractivity contribution in [2.45, 2.75) is 6.42 Å². The molecule has 0 bridgehead atoms. The van der Waals surface area contributed by atoms with E-state index < -0.39 is 0 Å². The van der Waals surface area contributed by atoms with Gasteiger partial charge in [-0.3, -0.25) is 14.8 Å². The number of ether oxygens (including phenoxy) is 1. The lowest BCUT2D eigenvalue weighted by Crippen LogP contribution is -2.25. The highest BCUT2D eigenvalue weighted by Gasteiger charge is 2.03. The molecule has 2 rings (SSSR count). The minimum absolute atomic E-state index is 0.114. The maximum absolute atomic E-state index is 11.7. The van der Waals surface area contributed by atoms with Crippen LogP contribution in [0, 0.1) is 0 Å². The van der Waals surface area contributed by atoms with Crippen molar-refractivity contribution in [3.05, 3.63) is 54.6 Å². The van der Waals surface area contributed by atoms with Crippen LogP contribution in [0.25, 0.3) is 0 Å². The van der Waals surface area contributed by atoms with Crippen molar-refractivity contribution in [3.8, 4) is 5.75 Å². The quantitative estimate of drug-likeness (QED) is 0.800. The molecule has 2 aromatic rings. The van der Waals surface area contributed by atoms with E-state index in [0.717, 1.165) is 12.2 Å². The van der Waals surface area contributed by atoms with Crippen LogP contribution in [0.2, 0.25) is 0 Å². The van der Waals surface area contributed by atoms with Gasteiger partial charge in [-0.25, -0.2) is 0 Å². The highest BCUT2D eigenvalue weighted by molar-refractivity contribution is 5.93. The van der Waals surface area contributed by atoms with Crippen molar-refractivity contribution < 1.29 is 9.53 Å². The second-order valence-electron chi connectivity index (χ2n) is 3.88. The van der Waals surface area contributed by atoms with Crippen LogP contribution in [-0.2, 0) is 0 Å². The number of hydrogen-bond acceptors (Lipinski definition) is 4. The molecule has 0 spiro atoms. The van der Waals surface area contributed by atoms with Gasteiger partial charge >= 0.3 is 0 Å². The summed E-state index contributed by atoms with van der Waals surface area (Å²) >= 11 is 0. The molecule has 5 nitrogen and oxygen atoms in total. The van der Waals surface area contributed by atoms with Gasteiger partial charge in [0.15, 0.2) is 0 Å². The van der Waals surface area contributed by atoms with Gasteiger partial charge in [0.2, 0.25) is 0 Å². The lowest BCUT2D eigenvalue weighted by atomic mass is 10.2. The van der Waals surface area contributed by atoms with E-state index in [0.29, 0.717) is 18.7 Å². The summed E-state index contributed by atoms with van der Waals surface area (Å²) in [7, 11) is 0. The molecule has 1 N–H and O–H groups in total. The summed E-state index contributed by atoms with van der Waals surface area (Å²) in [6.45, 7) is 1.12.